The van der Waals surface area contributed by atoms with E-state index in [4.69, 9.17) is 0 Å². The van der Waals surface area contributed by atoms with Gasteiger partial charge in [0, 0.05) is 5.82 Å². The summed E-state index contributed by atoms with van der Waals surface area (Å²) in [5, 5.41) is 0. The number of hydrogen-bond acceptors (Lipinski definition) is 0. The molecule has 0 N–H and O–H groups in total. The van der Waals surface area contributed by atoms with Gasteiger partial charge in [-0.15, -0.1) is 6.07 Å². The van der Waals surface area contributed by atoms with Gasteiger partial charge in [0.2, 0.25) is 0 Å². The molecule has 0 saturated heterocycles. The first kappa shape index (κ1) is 14.3. The van der Waals surface area contributed by atoms with E-state index in [1.54, 1.807) is 0 Å². The van der Waals surface area contributed by atoms with Crippen LogP contribution >= 0.6 is 0 Å². The predicted molar refractivity (Wildman–Crippen MR) is 30.1 cm³/mol. The summed E-state index contributed by atoms with van der Waals surface area (Å²) in [6.07, 6.45) is -5.32. The zero-order valence-corrected chi connectivity index (χ0v) is 7.15. The molecule has 1 aromatic carbocycles. The Bertz CT molecular complexity index is 371. The Hall–Kier alpha value is -0.673. The van der Waals surface area contributed by atoms with E-state index in [0.717, 1.165) is 6.07 Å². The Morgan fingerprint density at radius 3 is 1.67 bits per heavy atom. The monoisotopic (exact) mass is 224 g/mol. The Morgan fingerprint density at radius 2 is 1.27 bits per heavy atom. The van der Waals surface area contributed by atoms with Crippen molar-refractivity contribution >= 4 is 0 Å². The van der Waals surface area contributed by atoms with Gasteiger partial charge in [-0.1, -0.05) is 0 Å². The zero-order valence-electron chi connectivity index (χ0n) is 7.15. The Morgan fingerprint density at radius 1 is 0.800 bits per heavy atom. The molecule has 0 atom stereocenters. The smallest absolute Gasteiger partial charge is 0.281 e. The van der Waals surface area contributed by atoms with Crippen LogP contribution in [0.2, 0.25) is 0 Å². The summed E-state index contributed by atoms with van der Waals surface area (Å²) in [5.41, 5.74) is -2.30. The molecule has 1 aromatic rings. The number of benzene rings is 1. The first-order chi connectivity index (χ1) is 6.25. The van der Waals surface area contributed by atoms with E-state index in [9.17, 15) is 30.7 Å². The third-order valence-electron chi connectivity index (χ3n) is 1.32. The average Bonchev–Trinajstić information content (AvgIpc) is 2.06. The molecular weight excluding hydrogens is 224 g/mol. The van der Waals surface area contributed by atoms with Gasteiger partial charge in [-0.2, -0.15) is 13.2 Å². The molecule has 0 unspecified atom stereocenters. The molecule has 0 bridgehead atoms. The fraction of sp³-hybridized carbons (Fsp3) is 0.143. The van der Waals surface area contributed by atoms with Crippen molar-refractivity contribution in [1.29, 1.82) is 0 Å². The van der Waals surface area contributed by atoms with Crippen molar-refractivity contribution in [3.63, 3.8) is 0 Å². The van der Waals surface area contributed by atoms with Gasteiger partial charge < -0.3 is 0 Å². The Kier molecular flexibility index (Phi) is 4.25. The molecular formula is C7F7Li. The molecule has 15 heavy (non-hydrogen) atoms. The summed E-state index contributed by atoms with van der Waals surface area (Å²) in [5.74, 6) is -9.54. The Labute approximate surface area is 91.3 Å². The summed E-state index contributed by atoms with van der Waals surface area (Å²) in [7, 11) is 0. The molecule has 0 spiro atoms. The van der Waals surface area contributed by atoms with Crippen LogP contribution in [0.3, 0.4) is 0 Å². The van der Waals surface area contributed by atoms with Crippen molar-refractivity contribution in [2.45, 2.75) is 6.18 Å². The van der Waals surface area contributed by atoms with Crippen LogP contribution in [0.15, 0.2) is 0 Å². The van der Waals surface area contributed by atoms with Gasteiger partial charge in [-0.25, -0.2) is 8.78 Å². The van der Waals surface area contributed by atoms with Gasteiger partial charge in [0.1, 0.15) is 0 Å². The van der Waals surface area contributed by atoms with E-state index in [1.807, 2.05) is 0 Å². The van der Waals surface area contributed by atoms with Crippen molar-refractivity contribution in [3.05, 3.63) is 34.9 Å². The van der Waals surface area contributed by atoms with Crippen molar-refractivity contribution in [3.8, 4) is 0 Å². The van der Waals surface area contributed by atoms with Gasteiger partial charge in [0.25, 0.3) is 0 Å². The van der Waals surface area contributed by atoms with Crippen LogP contribution in [-0.4, -0.2) is 0 Å². The fourth-order valence-electron chi connectivity index (χ4n) is 0.717. The molecule has 0 radical (unpaired) electrons. The zero-order chi connectivity index (χ0) is 11.1. The Balaban J connectivity index is 0.00000196. The molecule has 0 aliphatic carbocycles. The van der Waals surface area contributed by atoms with Gasteiger partial charge in [0.15, 0.2) is 0 Å². The van der Waals surface area contributed by atoms with Crippen LogP contribution in [0.4, 0.5) is 30.7 Å². The number of hydrogen-bond donors (Lipinski definition) is 0. The molecule has 0 aliphatic rings. The molecule has 8 heteroatoms. The van der Waals surface area contributed by atoms with Crippen molar-refractivity contribution in [2.24, 2.45) is 0 Å². The maximum Gasteiger partial charge on any atom is 1.00 e. The molecule has 1 rings (SSSR count). The van der Waals surface area contributed by atoms with Gasteiger partial charge in [0.05, 0.1) is 17.5 Å². The molecule has 0 aliphatic heterocycles. The van der Waals surface area contributed by atoms with E-state index in [0.29, 0.717) is 0 Å². The summed E-state index contributed by atoms with van der Waals surface area (Å²) in [4.78, 5) is 0. The summed E-state index contributed by atoms with van der Waals surface area (Å²) in [6, 6.07) is 0.743. The molecule has 0 amide bonds. The maximum absolute atomic E-state index is 12.4. The van der Waals surface area contributed by atoms with Crippen LogP contribution in [0, 0.1) is 29.3 Å². The minimum absolute atomic E-state index is 0. The van der Waals surface area contributed by atoms with Crippen LogP contribution in [0.5, 0.6) is 0 Å². The molecule has 0 fully saturated rings. The van der Waals surface area contributed by atoms with Crippen LogP contribution in [0.25, 0.3) is 0 Å². The summed E-state index contributed by atoms with van der Waals surface area (Å²) >= 11 is 0. The first-order valence-corrected chi connectivity index (χ1v) is 3.07. The van der Waals surface area contributed by atoms with Gasteiger partial charge in [-0.3, -0.25) is 8.78 Å². The summed E-state index contributed by atoms with van der Waals surface area (Å²) in [6.45, 7) is 0. The number of rotatable bonds is 0. The standard InChI is InChI=1S/C7F7.Li/c8-3-1-2(7(12,13)14)4(9)6(11)5(3)10;/q-1;+1. The summed E-state index contributed by atoms with van der Waals surface area (Å²) < 4.78 is 84.5. The predicted octanol–water partition coefficient (Wildman–Crippen LogP) is 0.0660. The van der Waals surface area contributed by atoms with Gasteiger partial charge in [-0.05, 0) is 5.56 Å². The van der Waals surface area contributed by atoms with Crippen molar-refractivity contribution in [2.75, 3.05) is 0 Å². The SMILES string of the molecule is Fc1[c-]c(C(F)(F)F)c(F)c(F)c1F.[Li+]. The molecule has 0 heterocycles. The molecule has 0 aromatic heterocycles. The van der Waals surface area contributed by atoms with Crippen molar-refractivity contribution < 1.29 is 49.6 Å². The maximum atomic E-state index is 12.4. The van der Waals surface area contributed by atoms with E-state index in [2.05, 4.69) is 0 Å². The third-order valence-corrected chi connectivity index (χ3v) is 1.32. The minimum Gasteiger partial charge on any atom is -0.281 e. The second-order valence-corrected chi connectivity index (χ2v) is 2.25. The van der Waals surface area contributed by atoms with E-state index in [1.165, 1.54) is 0 Å². The van der Waals surface area contributed by atoms with Crippen LogP contribution in [-0.2, 0) is 6.18 Å². The molecule has 0 nitrogen and oxygen atoms in total. The topological polar surface area (TPSA) is 0 Å². The van der Waals surface area contributed by atoms with Gasteiger partial charge >= 0.3 is 25.0 Å². The third kappa shape index (κ3) is 2.67. The normalized spacial score (nSPS) is 11.1. The van der Waals surface area contributed by atoms with Crippen molar-refractivity contribution in [1.82, 2.24) is 0 Å². The number of halogens is 7. The quantitative estimate of drug-likeness (QED) is 0.192. The van der Waals surface area contributed by atoms with E-state index >= 15 is 0 Å². The number of alkyl halides is 3. The fourth-order valence-corrected chi connectivity index (χ4v) is 0.717. The average molecular weight is 224 g/mol. The minimum atomic E-state index is -5.32. The second kappa shape index (κ2) is 4.45. The van der Waals surface area contributed by atoms with E-state index in [-0.39, 0.29) is 18.9 Å². The first-order valence-electron chi connectivity index (χ1n) is 3.07. The van der Waals surface area contributed by atoms with Crippen LogP contribution < -0.4 is 18.9 Å². The molecule has 0 saturated carbocycles. The van der Waals surface area contributed by atoms with E-state index < -0.39 is 35.0 Å². The largest absolute Gasteiger partial charge is 1.00 e. The van der Waals surface area contributed by atoms with Crippen LogP contribution in [0.1, 0.15) is 5.56 Å². The second-order valence-electron chi connectivity index (χ2n) is 2.25. The molecule has 78 valence electrons.